The van der Waals surface area contributed by atoms with Crippen molar-refractivity contribution in [3.63, 3.8) is 0 Å². The molecule has 0 saturated carbocycles. The molecule has 6 heteroatoms. The van der Waals surface area contributed by atoms with E-state index in [9.17, 15) is 14.3 Å². The summed E-state index contributed by atoms with van der Waals surface area (Å²) in [5, 5.41) is 13.7. The molecule has 1 amide bonds. The molecule has 0 saturated heterocycles. The molecule has 0 aliphatic carbocycles. The van der Waals surface area contributed by atoms with Gasteiger partial charge in [0.05, 0.1) is 0 Å². The van der Waals surface area contributed by atoms with Gasteiger partial charge in [0.1, 0.15) is 22.6 Å². The first-order valence-electron chi connectivity index (χ1n) is 6.85. The Bertz CT molecular complexity index is 882. The van der Waals surface area contributed by atoms with Gasteiger partial charge in [-0.1, -0.05) is 29.8 Å². The highest BCUT2D eigenvalue weighted by atomic mass is 35.5. The Labute approximate surface area is 136 Å². The zero-order valence-corrected chi connectivity index (χ0v) is 12.6. The molecule has 23 heavy (non-hydrogen) atoms. The third-order valence-corrected chi connectivity index (χ3v) is 3.68. The zero-order chi connectivity index (χ0) is 16.4. The predicted octanol–water partition coefficient (Wildman–Crippen LogP) is 3.66. The van der Waals surface area contributed by atoms with Crippen LogP contribution in [0.15, 0.2) is 48.7 Å². The second-order valence-corrected chi connectivity index (χ2v) is 5.40. The monoisotopic (exact) mass is 330 g/mol. The second-order valence-electron chi connectivity index (χ2n) is 4.97. The van der Waals surface area contributed by atoms with Gasteiger partial charge in [-0.3, -0.25) is 9.78 Å². The average molecular weight is 331 g/mol. The summed E-state index contributed by atoms with van der Waals surface area (Å²) >= 11 is 5.80. The fourth-order valence-corrected chi connectivity index (χ4v) is 2.34. The topological polar surface area (TPSA) is 62.2 Å². The number of hydrogen-bond donors (Lipinski definition) is 2. The highest BCUT2D eigenvalue weighted by molar-refractivity contribution is 6.30. The van der Waals surface area contributed by atoms with Crippen LogP contribution in [0.4, 0.5) is 4.39 Å². The number of nitrogens with zero attached hydrogens (tertiary/aromatic N) is 1. The van der Waals surface area contributed by atoms with Gasteiger partial charge in [0.15, 0.2) is 0 Å². The van der Waals surface area contributed by atoms with Gasteiger partial charge in [-0.05, 0) is 29.8 Å². The van der Waals surface area contributed by atoms with Crippen molar-refractivity contribution in [1.82, 2.24) is 10.3 Å². The number of aromatic hydroxyl groups is 1. The van der Waals surface area contributed by atoms with Crippen LogP contribution >= 0.6 is 11.6 Å². The summed E-state index contributed by atoms with van der Waals surface area (Å²) in [6, 6.07) is 11.2. The number of carbonyl (C=O) groups excluding carboxylic acids is 1. The van der Waals surface area contributed by atoms with E-state index in [-0.39, 0.29) is 28.8 Å². The van der Waals surface area contributed by atoms with E-state index in [2.05, 4.69) is 10.3 Å². The molecular formula is C17H12ClFN2O2. The number of amides is 1. The highest BCUT2D eigenvalue weighted by Crippen LogP contribution is 2.28. The number of hydrogen-bond acceptors (Lipinski definition) is 3. The van der Waals surface area contributed by atoms with Crippen molar-refractivity contribution in [3.8, 4) is 5.75 Å². The van der Waals surface area contributed by atoms with Gasteiger partial charge in [0, 0.05) is 23.2 Å². The fourth-order valence-electron chi connectivity index (χ4n) is 2.22. The SMILES string of the molecule is O=C(NCc1ccc(Cl)cc1)c1cnc2c(F)cccc2c1O. The predicted molar refractivity (Wildman–Crippen MR) is 86.0 cm³/mol. The smallest absolute Gasteiger partial charge is 0.256 e. The van der Waals surface area contributed by atoms with E-state index in [1.54, 1.807) is 24.3 Å². The van der Waals surface area contributed by atoms with Crippen molar-refractivity contribution in [3.05, 3.63) is 70.6 Å². The van der Waals surface area contributed by atoms with E-state index in [0.717, 1.165) is 11.8 Å². The number of rotatable bonds is 3. The lowest BCUT2D eigenvalue weighted by Crippen LogP contribution is -2.23. The minimum Gasteiger partial charge on any atom is -0.506 e. The molecule has 1 aromatic heterocycles. The summed E-state index contributed by atoms with van der Waals surface area (Å²) in [6.45, 7) is 0.274. The van der Waals surface area contributed by atoms with Crippen LogP contribution in [0.2, 0.25) is 5.02 Å². The first-order valence-corrected chi connectivity index (χ1v) is 7.23. The minimum absolute atomic E-state index is 0.00272. The van der Waals surface area contributed by atoms with E-state index in [1.165, 1.54) is 18.2 Å². The number of aromatic nitrogens is 1. The summed E-state index contributed by atoms with van der Waals surface area (Å²) in [5.74, 6) is -1.33. The lowest BCUT2D eigenvalue weighted by molar-refractivity contribution is 0.0948. The molecule has 0 bridgehead atoms. The first-order chi connectivity index (χ1) is 11.1. The largest absolute Gasteiger partial charge is 0.506 e. The van der Waals surface area contributed by atoms with Crippen molar-refractivity contribution in [2.45, 2.75) is 6.54 Å². The van der Waals surface area contributed by atoms with Gasteiger partial charge in [0.2, 0.25) is 0 Å². The minimum atomic E-state index is -0.550. The average Bonchev–Trinajstić information content (AvgIpc) is 2.55. The van der Waals surface area contributed by atoms with Gasteiger partial charge in [-0.15, -0.1) is 0 Å². The molecule has 0 radical (unpaired) electrons. The molecule has 2 N–H and O–H groups in total. The molecule has 3 aromatic rings. The van der Waals surface area contributed by atoms with Crippen molar-refractivity contribution in [2.75, 3.05) is 0 Å². The summed E-state index contributed by atoms with van der Waals surface area (Å²) in [4.78, 5) is 16.1. The standard InChI is InChI=1S/C17H12ClFN2O2/c18-11-6-4-10(5-7-11)8-21-17(23)13-9-20-15-12(16(13)22)2-1-3-14(15)19/h1-7,9H,8H2,(H,20,22)(H,21,23). The summed E-state index contributed by atoms with van der Waals surface area (Å²) < 4.78 is 13.6. The van der Waals surface area contributed by atoms with Crippen LogP contribution in [0.3, 0.4) is 0 Å². The molecule has 4 nitrogen and oxygen atoms in total. The molecule has 2 aromatic carbocycles. The van der Waals surface area contributed by atoms with E-state index >= 15 is 0 Å². The zero-order valence-electron chi connectivity index (χ0n) is 11.9. The third kappa shape index (κ3) is 3.10. The van der Waals surface area contributed by atoms with E-state index < -0.39 is 11.7 Å². The van der Waals surface area contributed by atoms with Crippen molar-refractivity contribution in [1.29, 1.82) is 0 Å². The second kappa shape index (κ2) is 6.22. The number of halogens is 2. The number of pyridine rings is 1. The number of fused-ring (bicyclic) bond motifs is 1. The normalized spacial score (nSPS) is 10.7. The van der Waals surface area contributed by atoms with Gasteiger partial charge < -0.3 is 10.4 Å². The summed E-state index contributed by atoms with van der Waals surface area (Å²) in [6.07, 6.45) is 1.16. The number of para-hydroxylation sites is 1. The number of benzene rings is 2. The third-order valence-electron chi connectivity index (χ3n) is 3.43. The molecule has 1 heterocycles. The molecule has 116 valence electrons. The van der Waals surface area contributed by atoms with Crippen LogP contribution in [-0.4, -0.2) is 16.0 Å². The van der Waals surface area contributed by atoms with Crippen LogP contribution in [0, 0.1) is 5.82 Å². The Morgan fingerprint density at radius 1 is 1.22 bits per heavy atom. The van der Waals surface area contributed by atoms with Crippen molar-refractivity contribution < 1.29 is 14.3 Å². The van der Waals surface area contributed by atoms with E-state index in [0.29, 0.717) is 5.02 Å². The molecule has 0 fully saturated rings. The quantitative estimate of drug-likeness (QED) is 0.770. The Hall–Kier alpha value is -2.66. The molecule has 0 aliphatic rings. The van der Waals surface area contributed by atoms with Crippen LogP contribution in [0.5, 0.6) is 5.75 Å². The van der Waals surface area contributed by atoms with Gasteiger partial charge >= 0.3 is 0 Å². The van der Waals surface area contributed by atoms with Crippen molar-refractivity contribution in [2.24, 2.45) is 0 Å². The van der Waals surface area contributed by atoms with Crippen LogP contribution < -0.4 is 5.32 Å². The van der Waals surface area contributed by atoms with E-state index in [4.69, 9.17) is 11.6 Å². The first kappa shape index (κ1) is 15.2. The number of nitrogens with one attached hydrogen (secondary N) is 1. The Morgan fingerprint density at radius 3 is 2.70 bits per heavy atom. The van der Waals surface area contributed by atoms with Crippen LogP contribution in [0.1, 0.15) is 15.9 Å². The van der Waals surface area contributed by atoms with Gasteiger partial charge in [0.25, 0.3) is 5.91 Å². The molecule has 0 spiro atoms. The summed E-state index contributed by atoms with van der Waals surface area (Å²) in [7, 11) is 0. The van der Waals surface area contributed by atoms with Gasteiger partial charge in [-0.25, -0.2) is 4.39 Å². The molecule has 0 atom stereocenters. The number of carbonyl (C=O) groups is 1. The molecule has 0 aliphatic heterocycles. The van der Waals surface area contributed by atoms with Gasteiger partial charge in [-0.2, -0.15) is 0 Å². The maximum absolute atomic E-state index is 13.6. The molecule has 3 rings (SSSR count). The van der Waals surface area contributed by atoms with E-state index in [1.807, 2.05) is 0 Å². The summed E-state index contributed by atoms with van der Waals surface area (Å²) in [5.41, 5.74) is 0.887. The maximum atomic E-state index is 13.6. The molecular weight excluding hydrogens is 319 g/mol. The Balaban J connectivity index is 1.83. The maximum Gasteiger partial charge on any atom is 0.256 e. The lowest BCUT2D eigenvalue weighted by atomic mass is 10.1. The van der Waals surface area contributed by atoms with Crippen LogP contribution in [-0.2, 0) is 6.54 Å². The Kier molecular flexibility index (Phi) is 4.12. The fraction of sp³-hybridized carbons (Fsp3) is 0.0588. The Morgan fingerprint density at radius 2 is 1.96 bits per heavy atom. The van der Waals surface area contributed by atoms with Crippen LogP contribution in [0.25, 0.3) is 10.9 Å². The molecule has 0 unspecified atom stereocenters. The highest BCUT2D eigenvalue weighted by Gasteiger charge is 2.16. The van der Waals surface area contributed by atoms with Crippen molar-refractivity contribution >= 4 is 28.4 Å². The lowest BCUT2D eigenvalue weighted by Gasteiger charge is -2.09.